The van der Waals surface area contributed by atoms with Gasteiger partial charge in [-0.1, -0.05) is 0 Å². The molecule has 194 valence electrons. The molecule has 15 heteroatoms. The lowest BCUT2D eigenvalue weighted by Gasteiger charge is -2.25. The average Bonchev–Trinajstić information content (AvgIpc) is 2.77. The number of nitrogens with two attached hydrogens (primary N) is 4. The number of rotatable bonds is 18. The van der Waals surface area contributed by atoms with Crippen molar-refractivity contribution >= 4 is 48.1 Å². The Balaban J connectivity index is 5.53. The fourth-order valence-electron chi connectivity index (χ4n) is 2.77. The molecule has 0 spiro atoms. The number of thiol groups is 1. The van der Waals surface area contributed by atoms with E-state index in [1.807, 2.05) is 0 Å². The van der Waals surface area contributed by atoms with Gasteiger partial charge in [0.05, 0.1) is 6.04 Å². The molecule has 0 bridgehead atoms. The first-order valence-corrected chi connectivity index (χ1v) is 11.3. The normalized spacial score (nSPS) is 14.2. The van der Waals surface area contributed by atoms with Crippen molar-refractivity contribution < 1.29 is 33.9 Å². The number of hydrogen-bond donors (Lipinski definition) is 9. The molecule has 0 heterocycles. The fraction of sp³-hybridized carbons (Fsp3) is 0.684. The molecule has 0 aromatic carbocycles. The van der Waals surface area contributed by atoms with Gasteiger partial charge in [0.2, 0.25) is 29.5 Å². The van der Waals surface area contributed by atoms with Crippen LogP contribution in [0.15, 0.2) is 0 Å². The lowest BCUT2D eigenvalue weighted by molar-refractivity contribution is -0.142. The number of primary amides is 2. The van der Waals surface area contributed by atoms with Gasteiger partial charge in [-0.25, -0.2) is 4.79 Å². The van der Waals surface area contributed by atoms with Crippen LogP contribution in [0.2, 0.25) is 0 Å². The van der Waals surface area contributed by atoms with Crippen LogP contribution in [0.5, 0.6) is 0 Å². The Bertz CT molecular complexity index is 738. The van der Waals surface area contributed by atoms with Gasteiger partial charge in [0.25, 0.3) is 0 Å². The molecule has 0 saturated heterocycles. The van der Waals surface area contributed by atoms with Gasteiger partial charge in [-0.2, -0.15) is 12.6 Å². The first kappa shape index (κ1) is 31.1. The van der Waals surface area contributed by atoms with Crippen LogP contribution in [-0.2, 0) is 28.8 Å². The SMILES string of the molecule is NCCCCC(NC(=O)C(N)CS)C(=O)NC(CCC(N)=O)C(=O)NC(CCC(N)=O)C(=O)O. The third-order valence-corrected chi connectivity index (χ3v) is 5.11. The van der Waals surface area contributed by atoms with Crippen LogP contribution in [0, 0.1) is 0 Å². The summed E-state index contributed by atoms with van der Waals surface area (Å²) in [4.78, 5) is 71.4. The molecule has 4 atom stereocenters. The van der Waals surface area contributed by atoms with Crippen molar-refractivity contribution in [2.75, 3.05) is 12.3 Å². The Labute approximate surface area is 202 Å². The summed E-state index contributed by atoms with van der Waals surface area (Å²) in [5.41, 5.74) is 21.3. The quantitative estimate of drug-likeness (QED) is 0.0658. The molecule has 12 N–H and O–H groups in total. The number of carbonyl (C=O) groups excluding carboxylic acids is 5. The van der Waals surface area contributed by atoms with Gasteiger partial charge in [-0.3, -0.25) is 24.0 Å². The van der Waals surface area contributed by atoms with E-state index >= 15 is 0 Å². The van der Waals surface area contributed by atoms with Crippen molar-refractivity contribution in [3.63, 3.8) is 0 Å². The highest BCUT2D eigenvalue weighted by Crippen LogP contribution is 2.06. The highest BCUT2D eigenvalue weighted by atomic mass is 32.1. The van der Waals surface area contributed by atoms with Crippen molar-refractivity contribution in [3.8, 4) is 0 Å². The Morgan fingerprint density at radius 2 is 1.18 bits per heavy atom. The van der Waals surface area contributed by atoms with Gasteiger partial charge < -0.3 is 44.0 Å². The molecule has 0 radical (unpaired) electrons. The zero-order valence-electron chi connectivity index (χ0n) is 18.8. The van der Waals surface area contributed by atoms with E-state index < -0.39 is 59.7 Å². The van der Waals surface area contributed by atoms with E-state index in [0.29, 0.717) is 19.4 Å². The molecular weight excluding hydrogens is 470 g/mol. The van der Waals surface area contributed by atoms with E-state index in [-0.39, 0.29) is 37.9 Å². The van der Waals surface area contributed by atoms with Crippen LogP contribution in [0.3, 0.4) is 0 Å². The van der Waals surface area contributed by atoms with Gasteiger partial charge in [-0.05, 0) is 38.6 Å². The lowest BCUT2D eigenvalue weighted by Crippen LogP contribution is -2.57. The Kier molecular flexibility index (Phi) is 15.2. The van der Waals surface area contributed by atoms with E-state index in [1.165, 1.54) is 0 Å². The predicted molar refractivity (Wildman–Crippen MR) is 125 cm³/mol. The molecule has 4 unspecified atom stereocenters. The summed E-state index contributed by atoms with van der Waals surface area (Å²) >= 11 is 3.95. The van der Waals surface area contributed by atoms with Gasteiger partial charge >= 0.3 is 5.97 Å². The zero-order chi connectivity index (χ0) is 26.3. The maximum absolute atomic E-state index is 12.9. The third kappa shape index (κ3) is 13.0. The molecule has 0 aliphatic rings. The first-order chi connectivity index (χ1) is 15.9. The summed E-state index contributed by atoms with van der Waals surface area (Å²) < 4.78 is 0. The van der Waals surface area contributed by atoms with Crippen LogP contribution in [-0.4, -0.2) is 77.1 Å². The van der Waals surface area contributed by atoms with E-state index in [2.05, 4.69) is 28.6 Å². The molecule has 14 nitrogen and oxygen atoms in total. The maximum atomic E-state index is 12.9. The first-order valence-electron chi connectivity index (χ1n) is 10.7. The predicted octanol–water partition coefficient (Wildman–Crippen LogP) is -3.56. The Morgan fingerprint density at radius 1 is 0.735 bits per heavy atom. The van der Waals surface area contributed by atoms with E-state index in [1.54, 1.807) is 0 Å². The monoisotopic (exact) mass is 505 g/mol. The molecular formula is C19H35N7O7S. The summed E-state index contributed by atoms with van der Waals surface area (Å²) in [5.74, 6) is -5.16. The van der Waals surface area contributed by atoms with E-state index in [0.717, 1.165) is 0 Å². The zero-order valence-corrected chi connectivity index (χ0v) is 19.7. The minimum absolute atomic E-state index is 0.0362. The van der Waals surface area contributed by atoms with Gasteiger partial charge in [0, 0.05) is 18.6 Å². The van der Waals surface area contributed by atoms with Crippen molar-refractivity contribution in [3.05, 3.63) is 0 Å². The van der Waals surface area contributed by atoms with Crippen molar-refractivity contribution in [2.45, 2.75) is 69.1 Å². The van der Waals surface area contributed by atoms with Crippen molar-refractivity contribution in [1.82, 2.24) is 16.0 Å². The Morgan fingerprint density at radius 3 is 1.62 bits per heavy atom. The van der Waals surface area contributed by atoms with Gasteiger partial charge in [-0.15, -0.1) is 0 Å². The topological polar surface area (TPSA) is 263 Å². The number of carboxylic acids is 1. The van der Waals surface area contributed by atoms with Crippen LogP contribution < -0.4 is 38.9 Å². The number of carboxylic acid groups (broad SMARTS) is 1. The third-order valence-electron chi connectivity index (χ3n) is 4.72. The number of hydrogen-bond acceptors (Lipinski definition) is 9. The van der Waals surface area contributed by atoms with Crippen LogP contribution >= 0.6 is 12.6 Å². The summed E-state index contributed by atoms with van der Waals surface area (Å²) in [6, 6.07) is -4.84. The second kappa shape index (κ2) is 16.7. The minimum atomic E-state index is -1.46. The molecule has 0 aromatic rings. The molecule has 0 saturated carbocycles. The number of aliphatic carboxylic acids is 1. The minimum Gasteiger partial charge on any atom is -0.480 e. The fourth-order valence-corrected chi connectivity index (χ4v) is 2.93. The van der Waals surface area contributed by atoms with Crippen LogP contribution in [0.25, 0.3) is 0 Å². The Hall–Kier alpha value is -2.91. The van der Waals surface area contributed by atoms with Gasteiger partial charge in [0.1, 0.15) is 18.1 Å². The van der Waals surface area contributed by atoms with Crippen molar-refractivity contribution in [1.29, 1.82) is 0 Å². The number of unbranched alkanes of at least 4 members (excludes halogenated alkanes) is 1. The summed E-state index contributed by atoms with van der Waals surface area (Å²) in [7, 11) is 0. The molecule has 0 aliphatic carbocycles. The van der Waals surface area contributed by atoms with Crippen LogP contribution in [0.1, 0.15) is 44.9 Å². The number of carbonyl (C=O) groups is 6. The molecule has 0 aliphatic heterocycles. The van der Waals surface area contributed by atoms with Crippen molar-refractivity contribution in [2.24, 2.45) is 22.9 Å². The second-order valence-corrected chi connectivity index (χ2v) is 7.97. The summed E-state index contributed by atoms with van der Waals surface area (Å²) in [6.45, 7) is 0.365. The van der Waals surface area contributed by atoms with E-state index in [9.17, 15) is 33.9 Å². The molecule has 0 fully saturated rings. The molecule has 34 heavy (non-hydrogen) atoms. The largest absolute Gasteiger partial charge is 0.480 e. The standard InChI is InChI=1S/C19H35N7O7S/c20-8-2-1-3-11(24-16(29)10(21)9-34)17(30)25-12(4-6-14(22)27)18(31)26-13(19(32)33)5-7-15(23)28/h10-13,34H,1-9,20-21H2,(H2,22,27)(H2,23,28)(H,24,29)(H,25,30)(H,26,31)(H,32,33). The summed E-state index contributed by atoms with van der Waals surface area (Å²) in [6.07, 6.45) is 0.166. The second-order valence-electron chi connectivity index (χ2n) is 7.61. The van der Waals surface area contributed by atoms with Crippen LogP contribution in [0.4, 0.5) is 0 Å². The smallest absolute Gasteiger partial charge is 0.326 e. The highest BCUT2D eigenvalue weighted by Gasteiger charge is 2.30. The molecule has 0 aromatic heterocycles. The molecule has 0 rings (SSSR count). The maximum Gasteiger partial charge on any atom is 0.326 e. The van der Waals surface area contributed by atoms with E-state index in [4.69, 9.17) is 22.9 Å². The van der Waals surface area contributed by atoms with Gasteiger partial charge in [0.15, 0.2) is 0 Å². The number of amides is 5. The number of nitrogens with one attached hydrogen (secondary N) is 3. The molecule has 5 amide bonds. The highest BCUT2D eigenvalue weighted by molar-refractivity contribution is 7.80. The summed E-state index contributed by atoms with van der Waals surface area (Å²) in [5, 5.41) is 16.4. The average molecular weight is 506 g/mol. The lowest BCUT2D eigenvalue weighted by atomic mass is 10.0.